The van der Waals surface area contributed by atoms with Crippen molar-refractivity contribution in [2.24, 2.45) is 11.7 Å². The van der Waals surface area contributed by atoms with E-state index in [1.807, 2.05) is 6.07 Å². The average Bonchev–Trinajstić information content (AvgIpc) is 3.10. The van der Waals surface area contributed by atoms with Gasteiger partial charge in [-0.05, 0) is 30.9 Å². The van der Waals surface area contributed by atoms with Crippen LogP contribution in [0.3, 0.4) is 0 Å². The molecule has 1 aliphatic carbocycles. The molecule has 0 aliphatic heterocycles. The van der Waals surface area contributed by atoms with Gasteiger partial charge in [0.15, 0.2) is 0 Å². The van der Waals surface area contributed by atoms with Crippen LogP contribution >= 0.6 is 0 Å². The lowest BCUT2D eigenvalue weighted by atomic mass is 10.1. The smallest absolute Gasteiger partial charge is 0.250 e. The van der Waals surface area contributed by atoms with E-state index in [-0.39, 0.29) is 0 Å². The van der Waals surface area contributed by atoms with Gasteiger partial charge in [-0.3, -0.25) is 4.79 Å². The standard InChI is InChI=1S/C13H19N3O/c14-12-10(13(15)17)4-1-5-11(12)16-8-2-3-9-6-7-9/h1,4-5,9,16H,2-3,6-8,14H2,(H2,15,17). The maximum atomic E-state index is 11.1. The van der Waals surface area contributed by atoms with Gasteiger partial charge >= 0.3 is 0 Å². The Morgan fingerprint density at radius 1 is 1.41 bits per heavy atom. The van der Waals surface area contributed by atoms with Crippen molar-refractivity contribution in [2.75, 3.05) is 17.6 Å². The van der Waals surface area contributed by atoms with Crippen LogP contribution in [0.2, 0.25) is 0 Å². The van der Waals surface area contributed by atoms with Gasteiger partial charge in [0.1, 0.15) is 0 Å². The Bertz CT molecular complexity index is 413. The normalized spacial score (nSPS) is 14.6. The molecule has 1 aliphatic rings. The lowest BCUT2D eigenvalue weighted by molar-refractivity contribution is 0.100. The molecule has 0 bridgehead atoms. The molecular weight excluding hydrogens is 214 g/mol. The highest BCUT2D eigenvalue weighted by molar-refractivity contribution is 6.00. The fraction of sp³-hybridized carbons (Fsp3) is 0.462. The number of nitrogen functional groups attached to an aromatic ring is 1. The quantitative estimate of drug-likeness (QED) is 0.519. The minimum atomic E-state index is -0.482. The minimum Gasteiger partial charge on any atom is -0.396 e. The molecule has 1 amide bonds. The molecule has 1 aromatic rings. The van der Waals surface area contributed by atoms with Crippen molar-refractivity contribution in [2.45, 2.75) is 25.7 Å². The number of hydrogen-bond acceptors (Lipinski definition) is 3. The number of amides is 1. The van der Waals surface area contributed by atoms with E-state index in [4.69, 9.17) is 11.5 Å². The highest BCUT2D eigenvalue weighted by atomic mass is 16.1. The molecule has 1 saturated carbocycles. The van der Waals surface area contributed by atoms with Gasteiger partial charge in [-0.25, -0.2) is 0 Å². The molecule has 0 radical (unpaired) electrons. The number of benzene rings is 1. The van der Waals surface area contributed by atoms with E-state index in [2.05, 4.69) is 5.32 Å². The first-order chi connectivity index (χ1) is 8.18. The van der Waals surface area contributed by atoms with Gasteiger partial charge in [0.05, 0.1) is 16.9 Å². The van der Waals surface area contributed by atoms with Crippen molar-refractivity contribution < 1.29 is 4.79 Å². The van der Waals surface area contributed by atoms with Crippen molar-refractivity contribution in [1.29, 1.82) is 0 Å². The molecule has 4 heteroatoms. The number of anilines is 2. The van der Waals surface area contributed by atoms with Gasteiger partial charge in [0, 0.05) is 6.54 Å². The number of hydrogen-bond donors (Lipinski definition) is 3. The third-order valence-electron chi connectivity index (χ3n) is 3.17. The van der Waals surface area contributed by atoms with Crippen molar-refractivity contribution in [1.82, 2.24) is 0 Å². The second kappa shape index (κ2) is 5.08. The van der Waals surface area contributed by atoms with E-state index in [0.29, 0.717) is 11.3 Å². The minimum absolute atomic E-state index is 0.386. The van der Waals surface area contributed by atoms with Gasteiger partial charge < -0.3 is 16.8 Å². The maximum Gasteiger partial charge on any atom is 0.250 e. The zero-order valence-electron chi connectivity index (χ0n) is 9.91. The van der Waals surface area contributed by atoms with Crippen LogP contribution in [0.4, 0.5) is 11.4 Å². The Morgan fingerprint density at radius 3 is 2.82 bits per heavy atom. The van der Waals surface area contributed by atoms with Crippen LogP contribution in [0.15, 0.2) is 18.2 Å². The van der Waals surface area contributed by atoms with E-state index >= 15 is 0 Å². The van der Waals surface area contributed by atoms with Crippen molar-refractivity contribution in [3.8, 4) is 0 Å². The number of carbonyl (C=O) groups is 1. The lowest BCUT2D eigenvalue weighted by Crippen LogP contribution is -2.15. The summed E-state index contributed by atoms with van der Waals surface area (Å²) in [7, 11) is 0. The Balaban J connectivity index is 1.90. The summed E-state index contributed by atoms with van der Waals surface area (Å²) in [4.78, 5) is 11.1. The molecule has 0 saturated heterocycles. The lowest BCUT2D eigenvalue weighted by Gasteiger charge is -2.11. The Hall–Kier alpha value is -1.71. The maximum absolute atomic E-state index is 11.1. The molecule has 0 atom stereocenters. The second-order valence-electron chi connectivity index (χ2n) is 4.64. The number of rotatable bonds is 6. The van der Waals surface area contributed by atoms with E-state index in [9.17, 15) is 4.79 Å². The molecule has 5 N–H and O–H groups in total. The molecule has 0 heterocycles. The van der Waals surface area contributed by atoms with Crippen molar-refractivity contribution in [3.05, 3.63) is 23.8 Å². The Morgan fingerprint density at radius 2 is 2.18 bits per heavy atom. The molecule has 1 aromatic carbocycles. The highest BCUT2D eigenvalue weighted by Crippen LogP contribution is 2.33. The summed E-state index contributed by atoms with van der Waals surface area (Å²) in [5.41, 5.74) is 12.8. The molecule has 0 unspecified atom stereocenters. The van der Waals surface area contributed by atoms with Crippen LogP contribution < -0.4 is 16.8 Å². The van der Waals surface area contributed by atoms with Gasteiger partial charge in [-0.15, -0.1) is 0 Å². The molecule has 1 fully saturated rings. The summed E-state index contributed by atoms with van der Waals surface area (Å²) in [5, 5.41) is 3.26. The van der Waals surface area contributed by atoms with Gasteiger partial charge in [-0.2, -0.15) is 0 Å². The number of primary amides is 1. The first kappa shape index (κ1) is 11.8. The fourth-order valence-corrected chi connectivity index (χ4v) is 1.95. The molecule has 0 aromatic heterocycles. The summed E-state index contributed by atoms with van der Waals surface area (Å²) < 4.78 is 0. The van der Waals surface area contributed by atoms with Gasteiger partial charge in [0.25, 0.3) is 5.91 Å². The summed E-state index contributed by atoms with van der Waals surface area (Å²) in [6, 6.07) is 5.31. The van der Waals surface area contributed by atoms with Gasteiger partial charge in [0.2, 0.25) is 0 Å². The largest absolute Gasteiger partial charge is 0.396 e. The third-order valence-corrected chi connectivity index (χ3v) is 3.17. The summed E-state index contributed by atoms with van der Waals surface area (Å²) in [5.74, 6) is 0.468. The van der Waals surface area contributed by atoms with Crippen molar-refractivity contribution in [3.63, 3.8) is 0 Å². The molecule has 92 valence electrons. The Kier molecular flexibility index (Phi) is 3.52. The van der Waals surface area contributed by atoms with Crippen LogP contribution in [-0.4, -0.2) is 12.5 Å². The number of para-hydroxylation sites is 1. The van der Waals surface area contributed by atoms with Crippen LogP contribution in [0.5, 0.6) is 0 Å². The summed E-state index contributed by atoms with van der Waals surface area (Å²) in [6.07, 6.45) is 5.20. The first-order valence-electron chi connectivity index (χ1n) is 6.10. The molecule has 17 heavy (non-hydrogen) atoms. The van der Waals surface area contributed by atoms with Crippen molar-refractivity contribution >= 4 is 17.3 Å². The van der Waals surface area contributed by atoms with E-state index in [0.717, 1.165) is 24.6 Å². The molecule has 4 nitrogen and oxygen atoms in total. The fourth-order valence-electron chi connectivity index (χ4n) is 1.95. The predicted octanol–water partition coefficient (Wildman–Crippen LogP) is 1.97. The molecule has 2 rings (SSSR count). The zero-order chi connectivity index (χ0) is 12.3. The van der Waals surface area contributed by atoms with E-state index in [1.165, 1.54) is 19.3 Å². The van der Waals surface area contributed by atoms with Crippen LogP contribution in [0.1, 0.15) is 36.0 Å². The van der Waals surface area contributed by atoms with Crippen LogP contribution in [0.25, 0.3) is 0 Å². The monoisotopic (exact) mass is 233 g/mol. The first-order valence-corrected chi connectivity index (χ1v) is 6.10. The highest BCUT2D eigenvalue weighted by Gasteiger charge is 2.20. The average molecular weight is 233 g/mol. The zero-order valence-corrected chi connectivity index (χ0v) is 9.91. The number of nitrogens with two attached hydrogens (primary N) is 2. The summed E-state index contributed by atoms with van der Waals surface area (Å²) in [6.45, 7) is 0.892. The SMILES string of the molecule is NC(=O)c1cccc(NCCCC2CC2)c1N. The number of carbonyl (C=O) groups excluding carboxylic acids is 1. The Labute approximate surface area is 101 Å². The third kappa shape index (κ3) is 3.12. The molecular formula is C13H19N3O. The van der Waals surface area contributed by atoms with E-state index < -0.39 is 5.91 Å². The van der Waals surface area contributed by atoms with Crippen LogP contribution in [0, 0.1) is 5.92 Å². The predicted molar refractivity (Wildman–Crippen MR) is 69.8 cm³/mol. The number of nitrogens with one attached hydrogen (secondary N) is 1. The second-order valence-corrected chi connectivity index (χ2v) is 4.64. The van der Waals surface area contributed by atoms with E-state index in [1.54, 1.807) is 12.1 Å². The molecule has 0 spiro atoms. The van der Waals surface area contributed by atoms with Gasteiger partial charge in [-0.1, -0.05) is 18.9 Å². The van der Waals surface area contributed by atoms with Crippen LogP contribution in [-0.2, 0) is 0 Å². The summed E-state index contributed by atoms with van der Waals surface area (Å²) >= 11 is 0. The topological polar surface area (TPSA) is 81.1 Å².